The monoisotopic (exact) mass is 451 g/mol. The molecule has 1 fully saturated rings. The molecule has 0 spiro atoms. The van der Waals surface area contributed by atoms with Crippen LogP contribution in [0, 0.1) is 11.7 Å². The molecule has 31 heavy (non-hydrogen) atoms. The molecule has 1 amide bonds. The first kappa shape index (κ1) is 25.5. The number of hydrogen-bond donors (Lipinski definition) is 0. The Hall–Kier alpha value is -1.73. The standard InChI is InChI=1S/C24H38FNO4Si/c1-23(2,3)30-22(28)26-12-11-20(17-9-10-21(25)18(13-17)15-27)19(14-26)16-29-31(7,8)24(4,5)6/h9-10,13,15,19-20H,11-12,14,16H2,1-8H3/t19-,20+/m1/s1. The zero-order valence-electron chi connectivity index (χ0n) is 20.3. The molecule has 0 aromatic heterocycles. The van der Waals surface area contributed by atoms with Crippen LogP contribution in [0.5, 0.6) is 0 Å². The zero-order chi connectivity index (χ0) is 23.6. The summed E-state index contributed by atoms with van der Waals surface area (Å²) in [6.07, 6.45) is 0.931. The van der Waals surface area contributed by atoms with Crippen LogP contribution < -0.4 is 0 Å². The Kier molecular flexibility index (Phi) is 7.75. The second-order valence-corrected chi connectivity index (χ2v) is 15.9. The summed E-state index contributed by atoms with van der Waals surface area (Å²) in [5.74, 6) is -0.415. The van der Waals surface area contributed by atoms with E-state index in [0.717, 1.165) is 5.56 Å². The third-order valence-corrected chi connectivity index (χ3v) is 10.9. The van der Waals surface area contributed by atoms with Crippen molar-refractivity contribution >= 4 is 20.7 Å². The number of rotatable bonds is 5. The van der Waals surface area contributed by atoms with Gasteiger partial charge in [-0.2, -0.15) is 0 Å². The van der Waals surface area contributed by atoms with Gasteiger partial charge in [0.15, 0.2) is 14.6 Å². The topological polar surface area (TPSA) is 55.8 Å². The molecule has 0 bridgehead atoms. The van der Waals surface area contributed by atoms with Crippen molar-refractivity contribution in [2.24, 2.45) is 5.92 Å². The van der Waals surface area contributed by atoms with E-state index in [4.69, 9.17) is 9.16 Å². The normalized spacial score (nSPS) is 20.5. The van der Waals surface area contributed by atoms with Crippen molar-refractivity contribution < 1.29 is 23.1 Å². The van der Waals surface area contributed by atoms with Gasteiger partial charge in [0.2, 0.25) is 0 Å². The van der Waals surface area contributed by atoms with Crippen molar-refractivity contribution in [1.82, 2.24) is 4.90 Å². The molecule has 0 radical (unpaired) electrons. The van der Waals surface area contributed by atoms with E-state index in [1.54, 1.807) is 17.0 Å². The van der Waals surface area contributed by atoms with Crippen molar-refractivity contribution in [3.8, 4) is 0 Å². The number of benzene rings is 1. The molecule has 174 valence electrons. The Morgan fingerprint density at radius 2 is 1.87 bits per heavy atom. The molecule has 7 heteroatoms. The highest BCUT2D eigenvalue weighted by molar-refractivity contribution is 6.74. The van der Waals surface area contributed by atoms with Crippen LogP contribution in [0.4, 0.5) is 9.18 Å². The molecule has 1 aliphatic heterocycles. The number of hydrogen-bond acceptors (Lipinski definition) is 4. The number of piperidine rings is 1. The first-order chi connectivity index (χ1) is 14.1. The molecule has 0 aliphatic carbocycles. The van der Waals surface area contributed by atoms with Crippen molar-refractivity contribution in [2.75, 3.05) is 19.7 Å². The van der Waals surface area contributed by atoms with Gasteiger partial charge in [0.05, 0.1) is 5.56 Å². The van der Waals surface area contributed by atoms with Gasteiger partial charge in [-0.3, -0.25) is 4.79 Å². The van der Waals surface area contributed by atoms with E-state index in [2.05, 4.69) is 33.9 Å². The van der Waals surface area contributed by atoms with Crippen LogP contribution in [-0.2, 0) is 9.16 Å². The second kappa shape index (κ2) is 9.41. The highest BCUT2D eigenvalue weighted by Crippen LogP contribution is 2.39. The van der Waals surface area contributed by atoms with Crippen LogP contribution in [0.25, 0.3) is 0 Å². The molecule has 1 heterocycles. The number of halogens is 1. The molecule has 2 rings (SSSR count). The lowest BCUT2D eigenvalue weighted by Gasteiger charge is -2.42. The number of nitrogens with zero attached hydrogens (tertiary/aromatic N) is 1. The highest BCUT2D eigenvalue weighted by Gasteiger charge is 2.40. The van der Waals surface area contributed by atoms with Crippen LogP contribution in [0.15, 0.2) is 18.2 Å². The number of aldehydes is 1. The summed E-state index contributed by atoms with van der Waals surface area (Å²) in [4.78, 5) is 25.7. The van der Waals surface area contributed by atoms with Crippen molar-refractivity contribution in [2.45, 2.75) is 77.6 Å². The molecule has 0 N–H and O–H groups in total. The summed E-state index contributed by atoms with van der Waals surface area (Å²) in [5, 5.41) is 0.0720. The highest BCUT2D eigenvalue weighted by atomic mass is 28.4. The number of ether oxygens (including phenoxy) is 1. The Morgan fingerprint density at radius 1 is 1.23 bits per heavy atom. The number of carbonyl (C=O) groups is 2. The summed E-state index contributed by atoms with van der Waals surface area (Å²) in [5.41, 5.74) is 0.420. The first-order valence-electron chi connectivity index (χ1n) is 11.0. The minimum atomic E-state index is -1.98. The fourth-order valence-corrected chi connectivity index (χ4v) is 4.61. The van der Waals surface area contributed by atoms with E-state index >= 15 is 0 Å². The maximum absolute atomic E-state index is 13.9. The molecule has 1 saturated heterocycles. The van der Waals surface area contributed by atoms with Gasteiger partial charge < -0.3 is 14.1 Å². The lowest BCUT2D eigenvalue weighted by atomic mass is 9.80. The third kappa shape index (κ3) is 6.62. The van der Waals surface area contributed by atoms with E-state index in [1.807, 2.05) is 20.8 Å². The summed E-state index contributed by atoms with van der Waals surface area (Å²) >= 11 is 0. The zero-order valence-corrected chi connectivity index (χ0v) is 21.3. The third-order valence-electron chi connectivity index (χ3n) is 6.43. The van der Waals surface area contributed by atoms with E-state index in [1.165, 1.54) is 6.07 Å². The SMILES string of the molecule is CC(C)(C)OC(=O)N1CC[C@@H](c2ccc(F)c(C=O)c2)[C@@H](CO[Si](C)(C)C(C)(C)C)C1. The van der Waals surface area contributed by atoms with Crippen LogP contribution in [0.1, 0.15) is 69.8 Å². The quantitative estimate of drug-likeness (QED) is 0.407. The second-order valence-electron chi connectivity index (χ2n) is 11.1. The largest absolute Gasteiger partial charge is 0.444 e. The van der Waals surface area contributed by atoms with E-state index in [9.17, 15) is 14.0 Å². The van der Waals surface area contributed by atoms with Gasteiger partial charge >= 0.3 is 6.09 Å². The maximum atomic E-state index is 13.9. The van der Waals surface area contributed by atoms with Gasteiger partial charge in [-0.25, -0.2) is 9.18 Å². The fraction of sp³-hybridized carbons (Fsp3) is 0.667. The predicted octanol–water partition coefficient (Wildman–Crippen LogP) is 6.00. The van der Waals surface area contributed by atoms with E-state index < -0.39 is 19.7 Å². The summed E-state index contributed by atoms with van der Waals surface area (Å²) in [6.45, 7) is 18.1. The summed E-state index contributed by atoms with van der Waals surface area (Å²) in [6, 6.07) is 4.73. The Labute approximate surface area is 187 Å². The van der Waals surface area contributed by atoms with Crippen LogP contribution >= 0.6 is 0 Å². The van der Waals surface area contributed by atoms with Gasteiger partial charge in [-0.1, -0.05) is 26.8 Å². The maximum Gasteiger partial charge on any atom is 0.410 e. The molecule has 5 nitrogen and oxygen atoms in total. The molecule has 1 aromatic rings. The van der Waals surface area contributed by atoms with E-state index in [0.29, 0.717) is 32.4 Å². The molecule has 0 unspecified atom stereocenters. The van der Waals surface area contributed by atoms with Crippen LogP contribution in [0.2, 0.25) is 18.1 Å². The fourth-order valence-electron chi connectivity index (χ4n) is 3.55. The van der Waals surface area contributed by atoms with Gasteiger partial charge in [0.1, 0.15) is 11.4 Å². The van der Waals surface area contributed by atoms with Crippen LogP contribution in [0.3, 0.4) is 0 Å². The van der Waals surface area contributed by atoms with Gasteiger partial charge in [-0.05, 0) is 68.9 Å². The Balaban J connectivity index is 2.27. The number of carbonyl (C=O) groups excluding carboxylic acids is 2. The molecule has 2 atom stereocenters. The minimum Gasteiger partial charge on any atom is -0.444 e. The summed E-state index contributed by atoms with van der Waals surface area (Å²) in [7, 11) is -1.98. The smallest absolute Gasteiger partial charge is 0.410 e. The van der Waals surface area contributed by atoms with Gasteiger partial charge in [-0.15, -0.1) is 0 Å². The lowest BCUT2D eigenvalue weighted by molar-refractivity contribution is 0.0106. The number of amides is 1. The average molecular weight is 452 g/mol. The van der Waals surface area contributed by atoms with Crippen molar-refractivity contribution in [3.05, 3.63) is 35.1 Å². The number of likely N-dealkylation sites (tertiary alicyclic amines) is 1. The average Bonchev–Trinajstić information content (AvgIpc) is 2.64. The Bertz CT molecular complexity index is 798. The summed E-state index contributed by atoms with van der Waals surface area (Å²) < 4.78 is 26.0. The van der Waals surface area contributed by atoms with Gasteiger partial charge in [0.25, 0.3) is 0 Å². The molecule has 1 aromatic carbocycles. The van der Waals surface area contributed by atoms with Gasteiger partial charge in [0, 0.05) is 25.6 Å². The van der Waals surface area contributed by atoms with Crippen molar-refractivity contribution in [3.63, 3.8) is 0 Å². The first-order valence-corrected chi connectivity index (χ1v) is 13.9. The van der Waals surface area contributed by atoms with Crippen LogP contribution in [-0.4, -0.2) is 50.9 Å². The van der Waals surface area contributed by atoms with Crippen molar-refractivity contribution in [1.29, 1.82) is 0 Å². The lowest BCUT2D eigenvalue weighted by Crippen LogP contribution is -2.48. The minimum absolute atomic E-state index is 0.0281. The molecular weight excluding hydrogens is 413 g/mol. The van der Waals surface area contributed by atoms with E-state index in [-0.39, 0.29) is 28.5 Å². The molecular formula is C24H38FNO4Si. The predicted molar refractivity (Wildman–Crippen MR) is 124 cm³/mol. The molecule has 1 aliphatic rings. The molecule has 0 saturated carbocycles. The Morgan fingerprint density at radius 3 is 2.42 bits per heavy atom.